The van der Waals surface area contributed by atoms with Gasteiger partial charge in [0.2, 0.25) is 0 Å². The second-order valence-corrected chi connectivity index (χ2v) is 7.37. The van der Waals surface area contributed by atoms with Crippen LogP contribution in [0.4, 0.5) is 13.2 Å². The summed E-state index contributed by atoms with van der Waals surface area (Å²) >= 11 is 0. The van der Waals surface area contributed by atoms with E-state index in [-0.39, 0.29) is 17.1 Å². The van der Waals surface area contributed by atoms with E-state index in [1.807, 2.05) is 11.4 Å². The Morgan fingerprint density at radius 2 is 1.83 bits per heavy atom. The molecular weight excluding hydrogens is 463 g/mol. The molecule has 3 heterocycles. The molecule has 8 nitrogen and oxygen atoms in total. The molecule has 0 atom stereocenters. The lowest BCUT2D eigenvalue weighted by Crippen LogP contribution is -2.34. The number of benzene rings is 1. The van der Waals surface area contributed by atoms with Crippen LogP contribution in [0.1, 0.15) is 15.9 Å². The first kappa shape index (κ1) is 23.6. The number of nitriles is 1. The van der Waals surface area contributed by atoms with Gasteiger partial charge < -0.3 is 14.8 Å². The Balaban J connectivity index is 1.76. The maximum atomic E-state index is 12.6. The van der Waals surface area contributed by atoms with Crippen LogP contribution in [0.5, 0.6) is 11.5 Å². The van der Waals surface area contributed by atoms with Crippen LogP contribution in [0.2, 0.25) is 0 Å². The van der Waals surface area contributed by atoms with E-state index in [0.717, 1.165) is 5.56 Å². The highest BCUT2D eigenvalue weighted by Gasteiger charge is 2.30. The molecule has 0 saturated carbocycles. The van der Waals surface area contributed by atoms with Crippen molar-refractivity contribution in [3.63, 3.8) is 0 Å². The molecule has 0 aliphatic heterocycles. The summed E-state index contributed by atoms with van der Waals surface area (Å²) in [5.41, 5.74) is 3.51. The number of fused-ring (bicyclic) bond motifs is 1. The summed E-state index contributed by atoms with van der Waals surface area (Å²) in [5, 5.41) is 11.2. The largest absolute Gasteiger partial charge is 0.496 e. The summed E-state index contributed by atoms with van der Waals surface area (Å²) in [6.45, 7) is -1.49. The minimum Gasteiger partial charge on any atom is -0.496 e. The van der Waals surface area contributed by atoms with Gasteiger partial charge in [-0.25, -0.2) is 4.98 Å². The molecular formula is C24H18F3N5O3. The fourth-order valence-electron chi connectivity index (χ4n) is 3.64. The number of nitrogens with zero attached hydrogens (tertiary/aromatic N) is 4. The molecule has 35 heavy (non-hydrogen) atoms. The molecule has 0 aliphatic rings. The molecule has 0 bridgehead atoms. The minimum absolute atomic E-state index is 0.0413. The first-order valence-electron chi connectivity index (χ1n) is 10.2. The first-order valence-corrected chi connectivity index (χ1v) is 10.2. The van der Waals surface area contributed by atoms with Gasteiger partial charge in [0.05, 0.1) is 37.7 Å². The van der Waals surface area contributed by atoms with E-state index in [0.29, 0.717) is 28.0 Å². The number of halogens is 3. The number of methoxy groups -OCH3 is 2. The number of pyridine rings is 2. The monoisotopic (exact) mass is 481 g/mol. The van der Waals surface area contributed by atoms with Gasteiger partial charge in [-0.2, -0.15) is 18.4 Å². The van der Waals surface area contributed by atoms with Gasteiger partial charge in [0.25, 0.3) is 5.91 Å². The Bertz CT molecular complexity index is 1430. The SMILES string of the molecule is COc1cc(-c2cnc3cc(-c4cnccc4C#N)ccn23)cc(OC)c1C(=O)NCC(F)(F)F. The van der Waals surface area contributed by atoms with Gasteiger partial charge in [-0.1, -0.05) is 0 Å². The Morgan fingerprint density at radius 1 is 1.11 bits per heavy atom. The normalized spacial score (nSPS) is 11.2. The lowest BCUT2D eigenvalue weighted by molar-refractivity contribution is -0.123. The molecule has 0 saturated heterocycles. The van der Waals surface area contributed by atoms with Crippen molar-refractivity contribution >= 4 is 11.6 Å². The zero-order valence-electron chi connectivity index (χ0n) is 18.6. The minimum atomic E-state index is -4.56. The van der Waals surface area contributed by atoms with Gasteiger partial charge in [0, 0.05) is 29.7 Å². The number of carbonyl (C=O) groups excluding carboxylic acids is 1. The molecule has 1 amide bonds. The highest BCUT2D eigenvalue weighted by Crippen LogP contribution is 2.36. The Labute approximate surface area is 197 Å². The fourth-order valence-corrected chi connectivity index (χ4v) is 3.64. The summed E-state index contributed by atoms with van der Waals surface area (Å²) in [6.07, 6.45) is 1.96. The fraction of sp³-hybridized carbons (Fsp3) is 0.167. The molecule has 178 valence electrons. The van der Waals surface area contributed by atoms with E-state index in [2.05, 4.69) is 16.0 Å². The van der Waals surface area contributed by atoms with Crippen molar-refractivity contribution in [3.8, 4) is 40.0 Å². The van der Waals surface area contributed by atoms with E-state index < -0.39 is 18.6 Å². The van der Waals surface area contributed by atoms with Crippen molar-refractivity contribution in [2.75, 3.05) is 20.8 Å². The van der Waals surface area contributed by atoms with E-state index in [1.54, 1.807) is 41.3 Å². The topological polar surface area (TPSA) is 102 Å². The van der Waals surface area contributed by atoms with Crippen LogP contribution in [0.25, 0.3) is 28.0 Å². The smallest absolute Gasteiger partial charge is 0.405 e. The average molecular weight is 481 g/mol. The highest BCUT2D eigenvalue weighted by atomic mass is 19.4. The average Bonchev–Trinajstić information content (AvgIpc) is 3.29. The molecule has 3 aromatic heterocycles. The molecule has 0 unspecified atom stereocenters. The third kappa shape index (κ3) is 4.72. The maximum Gasteiger partial charge on any atom is 0.405 e. The van der Waals surface area contributed by atoms with E-state index >= 15 is 0 Å². The van der Waals surface area contributed by atoms with Gasteiger partial charge in [0.1, 0.15) is 29.3 Å². The third-order valence-electron chi connectivity index (χ3n) is 5.24. The predicted molar refractivity (Wildman–Crippen MR) is 120 cm³/mol. The van der Waals surface area contributed by atoms with E-state index in [4.69, 9.17) is 9.47 Å². The van der Waals surface area contributed by atoms with Crippen LogP contribution in [0.3, 0.4) is 0 Å². The second-order valence-electron chi connectivity index (χ2n) is 7.37. The summed E-state index contributed by atoms with van der Waals surface area (Å²) < 4.78 is 50.1. The maximum absolute atomic E-state index is 12.6. The summed E-state index contributed by atoms with van der Waals surface area (Å²) in [7, 11) is 2.61. The number of alkyl halides is 3. The number of carbonyl (C=O) groups is 1. The Kier molecular flexibility index (Phi) is 6.29. The van der Waals surface area contributed by atoms with Crippen LogP contribution in [-0.2, 0) is 0 Å². The molecule has 1 N–H and O–H groups in total. The molecule has 0 aliphatic carbocycles. The van der Waals surface area contributed by atoms with Crippen molar-refractivity contribution < 1.29 is 27.4 Å². The number of hydrogen-bond acceptors (Lipinski definition) is 6. The van der Waals surface area contributed by atoms with E-state index in [9.17, 15) is 23.2 Å². The second kappa shape index (κ2) is 9.34. The Morgan fingerprint density at radius 3 is 2.46 bits per heavy atom. The number of imidazole rings is 1. The number of nitrogens with one attached hydrogen (secondary N) is 1. The zero-order chi connectivity index (χ0) is 25.2. The third-order valence-corrected chi connectivity index (χ3v) is 5.24. The molecule has 4 aromatic rings. The van der Waals surface area contributed by atoms with Gasteiger partial charge in [-0.15, -0.1) is 0 Å². The van der Waals surface area contributed by atoms with Crippen LogP contribution in [0.15, 0.2) is 55.1 Å². The van der Waals surface area contributed by atoms with Crippen LogP contribution in [-0.4, -0.2) is 47.2 Å². The molecule has 1 aromatic carbocycles. The predicted octanol–water partition coefficient (Wildman–Crippen LogP) is 4.24. The molecule has 4 rings (SSSR count). The van der Waals surface area contributed by atoms with Crippen LogP contribution in [0, 0.1) is 11.3 Å². The number of aromatic nitrogens is 3. The highest BCUT2D eigenvalue weighted by molar-refractivity contribution is 6.00. The van der Waals surface area contributed by atoms with Crippen molar-refractivity contribution in [2.45, 2.75) is 6.18 Å². The molecule has 0 fully saturated rings. The van der Waals surface area contributed by atoms with Gasteiger partial charge >= 0.3 is 6.18 Å². The Hall–Kier alpha value is -4.59. The van der Waals surface area contributed by atoms with Crippen LogP contribution < -0.4 is 14.8 Å². The number of rotatable bonds is 6. The summed E-state index contributed by atoms with van der Waals surface area (Å²) in [5.74, 6) is -0.894. The first-order chi connectivity index (χ1) is 16.8. The van der Waals surface area contributed by atoms with Crippen molar-refractivity contribution in [1.82, 2.24) is 19.7 Å². The van der Waals surface area contributed by atoms with Gasteiger partial charge in [-0.05, 0) is 35.9 Å². The van der Waals surface area contributed by atoms with E-state index in [1.165, 1.54) is 26.4 Å². The standard InChI is InChI=1S/C24H18F3N5O3/c1-34-19-7-16(8-20(35-2)22(19)23(33)31-13-24(25,26)27)18-12-30-21-9-14(4-6-32(18)21)17-11-29-5-3-15(17)10-28/h3-9,11-12H,13H2,1-2H3,(H,31,33). The summed E-state index contributed by atoms with van der Waals surface area (Å²) in [4.78, 5) is 21.0. The lowest BCUT2D eigenvalue weighted by Gasteiger charge is -2.16. The zero-order valence-corrected chi connectivity index (χ0v) is 18.6. The number of ether oxygens (including phenoxy) is 2. The number of hydrogen-bond donors (Lipinski definition) is 1. The quantitative estimate of drug-likeness (QED) is 0.442. The molecule has 0 spiro atoms. The van der Waals surface area contributed by atoms with Crippen molar-refractivity contribution in [2.24, 2.45) is 0 Å². The lowest BCUT2D eigenvalue weighted by atomic mass is 10.0. The van der Waals surface area contributed by atoms with Gasteiger partial charge in [0.15, 0.2) is 0 Å². The number of amides is 1. The van der Waals surface area contributed by atoms with Crippen molar-refractivity contribution in [3.05, 3.63) is 66.2 Å². The van der Waals surface area contributed by atoms with Crippen LogP contribution >= 0.6 is 0 Å². The van der Waals surface area contributed by atoms with Crippen molar-refractivity contribution in [1.29, 1.82) is 5.26 Å². The molecule has 0 radical (unpaired) electrons. The van der Waals surface area contributed by atoms with Gasteiger partial charge in [-0.3, -0.25) is 14.2 Å². The summed E-state index contributed by atoms with van der Waals surface area (Å²) in [6, 6.07) is 10.4. The molecule has 11 heteroatoms.